The number of halogens is 2. The van der Waals surface area contributed by atoms with Gasteiger partial charge in [0.2, 0.25) is 0 Å². The van der Waals surface area contributed by atoms with Crippen molar-refractivity contribution >= 4 is 29.0 Å². The largest absolute Gasteiger partial charge is 0.507 e. The zero-order valence-electron chi connectivity index (χ0n) is 14.1. The molecule has 2 rings (SSSR count). The van der Waals surface area contributed by atoms with Gasteiger partial charge < -0.3 is 14.9 Å². The highest BCUT2D eigenvalue weighted by atomic mass is 35.5. The number of ether oxygens (including phenoxy) is 1. The molecule has 0 unspecified atom stereocenters. The molecule has 6 heteroatoms. The fourth-order valence-electron chi connectivity index (χ4n) is 1.80. The van der Waals surface area contributed by atoms with Crippen LogP contribution in [0, 0.1) is 0 Å². The fraction of sp³-hybridized carbons (Fsp3) is 0.278. The normalized spacial score (nSPS) is 9.08. The zero-order valence-corrected chi connectivity index (χ0v) is 15.6. The molecular weight excluding hydrogens is 351 g/mol. The summed E-state index contributed by atoms with van der Waals surface area (Å²) < 4.78 is 5.04. The van der Waals surface area contributed by atoms with Crippen molar-refractivity contribution in [3.05, 3.63) is 52.5 Å². The minimum Gasteiger partial charge on any atom is -0.507 e. The summed E-state index contributed by atoms with van der Waals surface area (Å²) in [4.78, 5) is 12.1. The van der Waals surface area contributed by atoms with Gasteiger partial charge in [0, 0.05) is 18.9 Å². The molecule has 0 amide bonds. The fourth-order valence-corrected chi connectivity index (χ4v) is 1.96. The molecule has 0 spiro atoms. The van der Waals surface area contributed by atoms with Gasteiger partial charge in [0.15, 0.2) is 5.78 Å². The van der Waals surface area contributed by atoms with E-state index < -0.39 is 0 Å². The van der Waals surface area contributed by atoms with Crippen molar-refractivity contribution in [2.24, 2.45) is 0 Å². The molecular formula is C18H22Cl2O4. The number of hydrogen-bond donors (Lipinski definition) is 2. The lowest BCUT2D eigenvalue weighted by atomic mass is 10.0. The molecule has 0 aromatic heterocycles. The highest BCUT2D eigenvalue weighted by Gasteiger charge is 2.15. The van der Waals surface area contributed by atoms with E-state index in [1.165, 1.54) is 12.4 Å². The molecule has 2 aromatic rings. The summed E-state index contributed by atoms with van der Waals surface area (Å²) in [5, 5.41) is 19.1. The monoisotopic (exact) mass is 372 g/mol. The minimum absolute atomic E-state index is 0.0286. The van der Waals surface area contributed by atoms with Gasteiger partial charge in [-0.2, -0.15) is 0 Å². The van der Waals surface area contributed by atoms with E-state index in [0.717, 1.165) is 11.6 Å². The van der Waals surface area contributed by atoms with Crippen LogP contribution in [0.2, 0.25) is 5.02 Å². The highest BCUT2D eigenvalue weighted by molar-refractivity contribution is 6.32. The van der Waals surface area contributed by atoms with E-state index in [1.807, 2.05) is 13.8 Å². The van der Waals surface area contributed by atoms with Gasteiger partial charge in [0.25, 0.3) is 0 Å². The van der Waals surface area contributed by atoms with Crippen LogP contribution in [0.1, 0.15) is 29.8 Å². The predicted molar refractivity (Wildman–Crippen MR) is 98.9 cm³/mol. The summed E-state index contributed by atoms with van der Waals surface area (Å²) in [7, 11) is 1.57. The quantitative estimate of drug-likeness (QED) is 0.580. The first-order chi connectivity index (χ1) is 11.5. The predicted octanol–water partition coefficient (Wildman–Crippen LogP) is 5.07. The van der Waals surface area contributed by atoms with Crippen molar-refractivity contribution in [2.75, 3.05) is 13.5 Å². The van der Waals surface area contributed by atoms with Gasteiger partial charge in [-0.25, -0.2) is 0 Å². The summed E-state index contributed by atoms with van der Waals surface area (Å²) in [5.74, 6) is -0.123. The van der Waals surface area contributed by atoms with Crippen LogP contribution in [0.15, 0.2) is 36.4 Å². The van der Waals surface area contributed by atoms with Gasteiger partial charge in [-0.15, -0.1) is 11.6 Å². The van der Waals surface area contributed by atoms with Crippen molar-refractivity contribution in [2.45, 2.75) is 20.3 Å². The van der Waals surface area contributed by atoms with Crippen LogP contribution in [0.3, 0.4) is 0 Å². The molecule has 0 atom stereocenters. The first kappa shape index (κ1) is 22.1. The third-order valence-corrected chi connectivity index (χ3v) is 3.19. The molecule has 4 nitrogen and oxygen atoms in total. The standard InChI is InChI=1S/C15H13ClO4.C2H6.CH3Cl/c1-20-10-4-2-9(3-5-10)6-13(17)11-7-12(16)15(19)8-14(11)18;2*1-2/h2-5,7-8,18-19H,6H2,1H3;1-2H3;1H3. The molecule has 0 saturated heterocycles. The number of rotatable bonds is 4. The van der Waals surface area contributed by atoms with E-state index in [2.05, 4.69) is 11.6 Å². The van der Waals surface area contributed by atoms with E-state index in [4.69, 9.17) is 16.3 Å². The maximum Gasteiger partial charge on any atom is 0.171 e. The summed E-state index contributed by atoms with van der Waals surface area (Å²) in [6, 6.07) is 9.38. The Morgan fingerprint density at radius 1 is 1.04 bits per heavy atom. The maximum atomic E-state index is 12.1. The Labute approximate surface area is 152 Å². The Balaban J connectivity index is 0.00000123. The first-order valence-electron chi connectivity index (χ1n) is 7.26. The van der Waals surface area contributed by atoms with Crippen LogP contribution in [-0.4, -0.2) is 29.5 Å². The number of hydrogen-bond acceptors (Lipinski definition) is 4. The maximum absolute atomic E-state index is 12.1. The SMILES string of the molecule is CC.CCl.COc1ccc(CC(=O)c2cc(Cl)c(O)cc2O)cc1. The Kier molecular flexibility index (Phi) is 10.7. The molecule has 0 radical (unpaired) electrons. The third kappa shape index (κ3) is 6.30. The molecule has 2 aromatic carbocycles. The molecule has 0 bridgehead atoms. The average Bonchev–Trinajstić information content (AvgIpc) is 2.62. The number of benzene rings is 2. The van der Waals surface area contributed by atoms with E-state index in [0.29, 0.717) is 5.75 Å². The van der Waals surface area contributed by atoms with Gasteiger partial charge >= 0.3 is 0 Å². The van der Waals surface area contributed by atoms with Crippen molar-refractivity contribution in [1.82, 2.24) is 0 Å². The molecule has 2 N–H and O–H groups in total. The molecule has 0 aliphatic heterocycles. The Bertz CT molecular complexity index is 640. The number of Topliss-reactive ketones (excluding diaryl/α,β-unsaturated/α-hetero) is 1. The molecule has 24 heavy (non-hydrogen) atoms. The number of phenolic OH excluding ortho intramolecular Hbond substituents is 2. The zero-order chi connectivity index (χ0) is 18.7. The highest BCUT2D eigenvalue weighted by Crippen LogP contribution is 2.31. The number of ketones is 1. The average molecular weight is 373 g/mol. The number of carbonyl (C=O) groups is 1. The van der Waals surface area contributed by atoms with Gasteiger partial charge in [-0.3, -0.25) is 4.79 Å². The van der Waals surface area contributed by atoms with E-state index in [-0.39, 0.29) is 34.3 Å². The number of aromatic hydroxyl groups is 2. The van der Waals surface area contributed by atoms with Crippen LogP contribution in [-0.2, 0) is 6.42 Å². The van der Waals surface area contributed by atoms with Gasteiger partial charge in [0.05, 0.1) is 17.7 Å². The first-order valence-corrected chi connectivity index (χ1v) is 8.40. The van der Waals surface area contributed by atoms with Crippen molar-refractivity contribution in [3.63, 3.8) is 0 Å². The van der Waals surface area contributed by atoms with Crippen LogP contribution in [0.4, 0.5) is 0 Å². The van der Waals surface area contributed by atoms with Crippen LogP contribution >= 0.6 is 23.2 Å². The topological polar surface area (TPSA) is 66.8 Å². The lowest BCUT2D eigenvalue weighted by Gasteiger charge is -2.07. The molecule has 132 valence electrons. The summed E-state index contributed by atoms with van der Waals surface area (Å²) in [6.07, 6.45) is 1.60. The summed E-state index contributed by atoms with van der Waals surface area (Å²) in [5.41, 5.74) is 0.878. The number of carbonyl (C=O) groups excluding carboxylic acids is 1. The summed E-state index contributed by atoms with van der Waals surface area (Å²) >= 11 is 10.4. The number of phenols is 2. The molecule has 0 aliphatic carbocycles. The Hall–Kier alpha value is -1.91. The van der Waals surface area contributed by atoms with Crippen LogP contribution in [0.5, 0.6) is 17.2 Å². The van der Waals surface area contributed by atoms with Crippen LogP contribution < -0.4 is 4.74 Å². The number of methoxy groups -OCH3 is 1. The van der Waals surface area contributed by atoms with Gasteiger partial charge in [0.1, 0.15) is 17.2 Å². The molecule has 0 fully saturated rings. The van der Waals surface area contributed by atoms with E-state index in [1.54, 1.807) is 31.4 Å². The van der Waals surface area contributed by atoms with Crippen molar-refractivity contribution in [3.8, 4) is 17.2 Å². The lowest BCUT2D eigenvalue weighted by Crippen LogP contribution is -2.04. The molecule has 0 heterocycles. The molecule has 0 saturated carbocycles. The van der Waals surface area contributed by atoms with E-state index >= 15 is 0 Å². The number of alkyl halides is 1. The van der Waals surface area contributed by atoms with Gasteiger partial charge in [-0.05, 0) is 23.8 Å². The second kappa shape index (κ2) is 11.6. The molecule has 0 aliphatic rings. The second-order valence-electron chi connectivity index (χ2n) is 4.27. The van der Waals surface area contributed by atoms with Crippen molar-refractivity contribution < 1.29 is 19.7 Å². The Morgan fingerprint density at radius 2 is 1.58 bits per heavy atom. The third-order valence-electron chi connectivity index (χ3n) is 2.89. The smallest absolute Gasteiger partial charge is 0.171 e. The summed E-state index contributed by atoms with van der Waals surface area (Å²) in [6.45, 7) is 4.00. The van der Waals surface area contributed by atoms with Gasteiger partial charge in [-0.1, -0.05) is 37.6 Å². The minimum atomic E-state index is -0.287. The Morgan fingerprint density at radius 3 is 2.08 bits per heavy atom. The second-order valence-corrected chi connectivity index (χ2v) is 4.68. The van der Waals surface area contributed by atoms with Crippen molar-refractivity contribution in [1.29, 1.82) is 0 Å². The van der Waals surface area contributed by atoms with Crippen LogP contribution in [0.25, 0.3) is 0 Å². The van der Waals surface area contributed by atoms with E-state index in [9.17, 15) is 15.0 Å². The lowest BCUT2D eigenvalue weighted by molar-refractivity contribution is 0.0990.